The molecule has 0 saturated heterocycles. The summed E-state index contributed by atoms with van der Waals surface area (Å²) in [5.41, 5.74) is 0. The third-order valence-electron chi connectivity index (χ3n) is 0. The monoisotopic (exact) mass is 111 g/mol. The van der Waals surface area contributed by atoms with Crippen LogP contribution in [0.15, 0.2) is 0 Å². The lowest BCUT2D eigenvalue weighted by Gasteiger charge is -2.09. The van der Waals surface area contributed by atoms with Crippen molar-refractivity contribution in [1.29, 1.82) is 0 Å². The maximum Gasteiger partial charge on any atom is 0.0979 e. The molecule has 0 rings (SSSR count). The summed E-state index contributed by atoms with van der Waals surface area (Å²) in [5, 5.41) is 8.46. The normalized spacial score (nSPS) is 8.57. The van der Waals surface area contributed by atoms with Gasteiger partial charge in [-0.05, 0) is 0 Å². The van der Waals surface area contributed by atoms with Gasteiger partial charge in [0.05, 0.1) is 21.1 Å². The predicted molar refractivity (Wildman–Crippen MR) is 25.4 cm³/mol. The summed E-state index contributed by atoms with van der Waals surface area (Å²) < 4.78 is 0. The van der Waals surface area contributed by atoms with Crippen LogP contribution in [0.4, 0.5) is 0 Å². The minimum absolute atomic E-state index is 0. The predicted octanol–water partition coefficient (Wildman–Crippen LogP) is -0.920. The van der Waals surface area contributed by atoms with Crippen molar-refractivity contribution in [3.8, 4) is 0 Å². The van der Waals surface area contributed by atoms with Crippen molar-refractivity contribution in [3.05, 3.63) is 0 Å². The summed E-state index contributed by atoms with van der Waals surface area (Å²) in [7, 11) is 5.04. The van der Waals surface area contributed by atoms with E-state index in [1.54, 1.807) is 21.1 Å². The van der Waals surface area contributed by atoms with Crippen molar-refractivity contribution in [2.45, 2.75) is 0 Å². The van der Waals surface area contributed by atoms with Crippen LogP contribution in [0.25, 0.3) is 0 Å². The minimum atomic E-state index is 0. The molecule has 4 heteroatoms. The van der Waals surface area contributed by atoms with Crippen LogP contribution in [-0.2, 0) is 0 Å². The third kappa shape index (κ3) is 3360. The fourth-order valence-corrected chi connectivity index (χ4v) is 0. The molecular formula is C3H13NO3. The number of hydrogen-bond donors (Lipinski definition) is 1. The van der Waals surface area contributed by atoms with E-state index in [0.29, 0.717) is 0 Å². The zero-order valence-corrected chi connectivity index (χ0v) is 4.84. The second-order valence-electron chi connectivity index (χ2n) is 1.94. The van der Waals surface area contributed by atoms with Gasteiger partial charge in [0.1, 0.15) is 0 Å². The molecule has 0 heterocycles. The first-order valence-corrected chi connectivity index (χ1v) is 1.54. The summed E-state index contributed by atoms with van der Waals surface area (Å²) in [6, 6.07) is 0. The van der Waals surface area contributed by atoms with E-state index >= 15 is 0 Å². The zero-order chi connectivity index (χ0) is 4.50. The van der Waals surface area contributed by atoms with Crippen LogP contribution in [0.5, 0.6) is 0 Å². The number of rotatable bonds is 0. The Labute approximate surface area is 43.1 Å². The van der Waals surface area contributed by atoms with Gasteiger partial charge in [0.2, 0.25) is 0 Å². The molecule has 0 radical (unpaired) electrons. The first-order chi connectivity index (χ1) is 2.00. The van der Waals surface area contributed by atoms with Crippen molar-refractivity contribution in [2.24, 2.45) is 0 Å². The van der Waals surface area contributed by atoms with Crippen molar-refractivity contribution < 1.29 is 20.8 Å². The summed E-state index contributed by atoms with van der Waals surface area (Å²) >= 11 is 0. The van der Waals surface area contributed by atoms with Gasteiger partial charge in [0.15, 0.2) is 0 Å². The van der Waals surface area contributed by atoms with Crippen LogP contribution in [0.1, 0.15) is 0 Å². The first kappa shape index (κ1) is 15.8. The molecule has 0 aromatic heterocycles. The highest BCUT2D eigenvalue weighted by Gasteiger charge is 1.92. The van der Waals surface area contributed by atoms with E-state index in [2.05, 4.69) is 0 Å². The number of quaternary nitrogens is 1. The zero-order valence-electron chi connectivity index (χ0n) is 4.84. The molecule has 0 aliphatic carbocycles. The number of nitrogens with zero attached hydrogens (tertiary/aromatic N) is 1. The van der Waals surface area contributed by atoms with Gasteiger partial charge in [-0.1, -0.05) is 0 Å². The van der Waals surface area contributed by atoms with Crippen LogP contribution < -0.4 is 0 Å². The maximum absolute atomic E-state index is 8.46. The van der Waals surface area contributed by atoms with Gasteiger partial charge in [0.25, 0.3) is 0 Å². The molecule has 48 valence electrons. The Morgan fingerprint density at radius 1 is 1.14 bits per heavy atom. The number of hydrogen-bond acceptors (Lipinski definition) is 2. The Bertz CT molecular complexity index is 25.7. The van der Waals surface area contributed by atoms with Gasteiger partial charge >= 0.3 is 0 Å². The van der Waals surface area contributed by atoms with Gasteiger partial charge in [-0.3, -0.25) is 0 Å². The number of hydroxylamine groups is 3. The van der Waals surface area contributed by atoms with Crippen LogP contribution in [0.2, 0.25) is 0 Å². The summed E-state index contributed by atoms with van der Waals surface area (Å²) in [4.78, 5) is 0. The molecule has 0 fully saturated rings. The Morgan fingerprint density at radius 2 is 1.14 bits per heavy atom. The average Bonchev–Trinajstić information content (AvgIpc) is 0.722. The molecule has 4 N–H and O–H groups in total. The summed E-state index contributed by atoms with van der Waals surface area (Å²) in [6.07, 6.45) is 0. The molecular weight excluding hydrogens is 98.0 g/mol. The molecule has 0 spiro atoms. The van der Waals surface area contributed by atoms with Crippen LogP contribution in [-0.4, -0.2) is 41.9 Å². The van der Waals surface area contributed by atoms with Crippen molar-refractivity contribution >= 4 is 0 Å². The van der Waals surface area contributed by atoms with Crippen molar-refractivity contribution in [1.82, 2.24) is 0 Å². The van der Waals surface area contributed by atoms with E-state index in [9.17, 15) is 0 Å². The van der Waals surface area contributed by atoms with E-state index in [-0.39, 0.29) is 15.6 Å². The fourth-order valence-electron chi connectivity index (χ4n) is 0. The highest BCUT2D eigenvalue weighted by molar-refractivity contribution is 3.72. The van der Waals surface area contributed by atoms with Crippen LogP contribution in [0, 0.1) is 0 Å². The van der Waals surface area contributed by atoms with E-state index in [1.807, 2.05) is 0 Å². The molecule has 0 atom stereocenters. The topological polar surface area (TPSA) is 81.7 Å². The van der Waals surface area contributed by atoms with E-state index in [4.69, 9.17) is 5.21 Å². The first-order valence-electron chi connectivity index (χ1n) is 1.54. The summed E-state index contributed by atoms with van der Waals surface area (Å²) in [5.74, 6) is 0. The Morgan fingerprint density at radius 3 is 1.14 bits per heavy atom. The lowest BCUT2D eigenvalue weighted by molar-refractivity contribution is -1.06. The molecule has 7 heavy (non-hydrogen) atoms. The van der Waals surface area contributed by atoms with E-state index < -0.39 is 0 Å². The lowest BCUT2D eigenvalue weighted by atomic mass is 11.0. The highest BCUT2D eigenvalue weighted by atomic mass is 16.5. The maximum atomic E-state index is 8.46. The summed E-state index contributed by atoms with van der Waals surface area (Å²) in [6.45, 7) is 0. The van der Waals surface area contributed by atoms with Gasteiger partial charge in [-0.25, -0.2) is 5.21 Å². The minimum Gasteiger partial charge on any atom is -0.870 e. The molecule has 0 saturated carbocycles. The molecule has 0 aliphatic heterocycles. The molecule has 4 nitrogen and oxygen atoms in total. The van der Waals surface area contributed by atoms with Crippen LogP contribution in [0.3, 0.4) is 0 Å². The largest absolute Gasteiger partial charge is 0.870 e. The second-order valence-corrected chi connectivity index (χ2v) is 1.94. The van der Waals surface area contributed by atoms with Gasteiger partial charge < -0.3 is 11.0 Å². The molecule has 0 aromatic carbocycles. The Kier molecular flexibility index (Phi) is 9.07. The Hall–Kier alpha value is -0.160. The fraction of sp³-hybridized carbons (Fsp3) is 1.00. The Balaban J connectivity index is -0.0000000800. The SMILES string of the molecule is C[N+](C)(C)O.O.[OH-]. The molecule has 0 unspecified atom stereocenters. The third-order valence-corrected chi connectivity index (χ3v) is 0. The smallest absolute Gasteiger partial charge is 0.0979 e. The van der Waals surface area contributed by atoms with Crippen LogP contribution >= 0.6 is 0 Å². The van der Waals surface area contributed by atoms with Gasteiger partial charge in [0, 0.05) is 0 Å². The van der Waals surface area contributed by atoms with E-state index in [0.717, 1.165) is 0 Å². The standard InChI is InChI=1S/C3H10NO.2H2O/c1-4(2,3)5;;/h5H,1-3H3;2*1H2/q+1;;/p-1. The van der Waals surface area contributed by atoms with Crippen molar-refractivity contribution in [2.75, 3.05) is 21.1 Å². The van der Waals surface area contributed by atoms with Gasteiger partial charge in [-0.15, -0.1) is 0 Å². The quantitative estimate of drug-likeness (QED) is 0.324. The molecule has 0 bridgehead atoms. The van der Waals surface area contributed by atoms with E-state index in [1.165, 1.54) is 0 Å². The average molecular weight is 111 g/mol. The van der Waals surface area contributed by atoms with Gasteiger partial charge in [-0.2, -0.15) is 4.65 Å². The lowest BCUT2D eigenvalue weighted by Crippen LogP contribution is -2.28. The van der Waals surface area contributed by atoms with Crippen molar-refractivity contribution in [3.63, 3.8) is 0 Å². The molecule has 0 amide bonds. The molecule has 0 aromatic rings. The highest BCUT2D eigenvalue weighted by Crippen LogP contribution is 1.72. The molecule has 0 aliphatic rings. The second kappa shape index (κ2) is 4.01.